The van der Waals surface area contributed by atoms with Crippen molar-refractivity contribution >= 4 is 37.9 Å². The Bertz CT molecular complexity index is 1440. The maximum Gasteiger partial charge on any atom is 0.433 e. The van der Waals surface area contributed by atoms with E-state index in [0.717, 1.165) is 41.1 Å². The Morgan fingerprint density at radius 2 is 2.00 bits per heavy atom. The predicted octanol–water partition coefficient (Wildman–Crippen LogP) is 2.34. The molecule has 0 radical (unpaired) electrons. The molecule has 5 heterocycles. The third-order valence-corrected chi connectivity index (χ3v) is 7.86. The van der Waals surface area contributed by atoms with Crippen LogP contribution in [0.5, 0.6) is 0 Å². The van der Waals surface area contributed by atoms with E-state index in [9.17, 15) is 27.2 Å². The summed E-state index contributed by atoms with van der Waals surface area (Å²) in [6, 6.07) is 7.83. The summed E-state index contributed by atoms with van der Waals surface area (Å²) >= 11 is 0. The molecule has 0 aliphatic carbocycles. The zero-order valence-electron chi connectivity index (χ0n) is 16.9. The Balaban J connectivity index is 1.62. The summed E-state index contributed by atoms with van der Waals surface area (Å²) < 4.78 is 55.1. The van der Waals surface area contributed by atoms with Crippen molar-refractivity contribution in [2.75, 3.05) is 5.32 Å². The number of alkyl halides is 3. The molecule has 4 aromatic rings. The van der Waals surface area contributed by atoms with Gasteiger partial charge in [0.15, 0.2) is 5.65 Å². The molecule has 8 nitrogen and oxygen atoms in total. The fraction of sp³-hybridized carbons (Fsp3) is 0.250. The number of hydrogen-bond acceptors (Lipinski definition) is 5. The number of pyridine rings is 2. The van der Waals surface area contributed by atoms with Crippen LogP contribution < -0.4 is 10.9 Å². The van der Waals surface area contributed by atoms with Crippen LogP contribution in [0.4, 0.5) is 23.4 Å². The molecule has 1 N–H and O–H groups in total. The van der Waals surface area contributed by atoms with Crippen molar-refractivity contribution in [1.29, 1.82) is 0 Å². The van der Waals surface area contributed by atoms with E-state index in [0.29, 0.717) is 5.69 Å². The summed E-state index contributed by atoms with van der Waals surface area (Å²) in [7, 11) is -0.141. The first kappa shape index (κ1) is 21.2. The van der Waals surface area contributed by atoms with Crippen molar-refractivity contribution < 1.29 is 22.4 Å². The molecule has 1 fully saturated rings. The maximum absolute atomic E-state index is 13.2. The van der Waals surface area contributed by atoms with Gasteiger partial charge in [0, 0.05) is 15.6 Å². The van der Waals surface area contributed by atoms with Gasteiger partial charge in [-0.1, -0.05) is 12.1 Å². The van der Waals surface area contributed by atoms with Crippen molar-refractivity contribution in [2.45, 2.75) is 30.7 Å². The molecular formula is C20H16F4N6O2Si. The minimum absolute atomic E-state index is 0.0939. The average molecular weight is 476 g/mol. The van der Waals surface area contributed by atoms with E-state index in [2.05, 4.69) is 20.4 Å². The highest BCUT2D eigenvalue weighted by Gasteiger charge is 2.33. The molecule has 0 saturated carbocycles. The molecule has 1 aliphatic rings. The lowest BCUT2D eigenvalue weighted by molar-refractivity contribution is -0.141. The summed E-state index contributed by atoms with van der Waals surface area (Å²) in [6.45, 7) is -0.442. The van der Waals surface area contributed by atoms with Gasteiger partial charge in [0.25, 0.3) is 5.56 Å². The Morgan fingerprint density at radius 1 is 1.21 bits per heavy atom. The monoisotopic (exact) mass is 476 g/mol. The number of aromatic nitrogens is 5. The van der Waals surface area contributed by atoms with E-state index < -0.39 is 35.7 Å². The molecule has 0 unspecified atom stereocenters. The molecule has 1 saturated heterocycles. The lowest BCUT2D eigenvalue weighted by Crippen LogP contribution is -2.30. The van der Waals surface area contributed by atoms with Crippen LogP contribution in [0, 0.1) is 5.82 Å². The van der Waals surface area contributed by atoms with Crippen molar-refractivity contribution in [3.05, 3.63) is 64.1 Å². The SMILES string of the molecule is O=C(Cn1c(=O)c2ccc(C(F)(F)F)nc2n2nc(C3C[SiH2]C3)cc12)Nc1ccc(F)cn1. The summed E-state index contributed by atoms with van der Waals surface area (Å²) in [5.41, 5.74) is -1.19. The van der Waals surface area contributed by atoms with E-state index in [1.807, 2.05) is 0 Å². The highest BCUT2D eigenvalue weighted by Crippen LogP contribution is 2.33. The first-order valence-corrected chi connectivity index (χ1v) is 12.1. The van der Waals surface area contributed by atoms with E-state index in [4.69, 9.17) is 0 Å². The molecule has 4 aromatic heterocycles. The van der Waals surface area contributed by atoms with Gasteiger partial charge in [-0.25, -0.2) is 14.4 Å². The lowest BCUT2D eigenvalue weighted by atomic mass is 10.1. The van der Waals surface area contributed by atoms with Gasteiger partial charge in [-0.15, -0.1) is 0 Å². The minimum atomic E-state index is -4.69. The van der Waals surface area contributed by atoms with E-state index >= 15 is 0 Å². The van der Waals surface area contributed by atoms with Gasteiger partial charge in [0.2, 0.25) is 5.91 Å². The predicted molar refractivity (Wildman–Crippen MR) is 113 cm³/mol. The van der Waals surface area contributed by atoms with Gasteiger partial charge < -0.3 is 5.32 Å². The fourth-order valence-corrected chi connectivity index (χ4v) is 5.16. The van der Waals surface area contributed by atoms with Crippen LogP contribution in [0.2, 0.25) is 12.1 Å². The Kier molecular flexibility index (Phi) is 4.99. The molecule has 0 atom stereocenters. The second-order valence-electron chi connectivity index (χ2n) is 7.83. The number of rotatable bonds is 4. The molecule has 1 amide bonds. The van der Waals surface area contributed by atoms with Gasteiger partial charge in [-0.3, -0.25) is 14.2 Å². The molecule has 0 aromatic carbocycles. The van der Waals surface area contributed by atoms with E-state index in [1.54, 1.807) is 6.07 Å². The van der Waals surface area contributed by atoms with Crippen LogP contribution in [-0.4, -0.2) is 39.6 Å². The van der Waals surface area contributed by atoms with Crippen LogP contribution in [0.3, 0.4) is 0 Å². The summed E-state index contributed by atoms with van der Waals surface area (Å²) in [6.07, 6.45) is -3.75. The molecule has 33 heavy (non-hydrogen) atoms. The number of nitrogens with zero attached hydrogens (tertiary/aromatic N) is 5. The molecular weight excluding hydrogens is 460 g/mol. The molecule has 170 valence electrons. The number of anilines is 1. The number of carbonyl (C=O) groups excluding carboxylic acids is 1. The number of halogens is 4. The zero-order chi connectivity index (χ0) is 23.3. The normalized spacial score (nSPS) is 16.9. The van der Waals surface area contributed by atoms with Crippen molar-refractivity contribution in [3.8, 4) is 0 Å². The minimum Gasteiger partial charge on any atom is -0.309 e. The number of nitrogens with one attached hydrogen (secondary N) is 1. The average Bonchev–Trinajstić information content (AvgIpc) is 3.15. The third kappa shape index (κ3) is 3.88. The summed E-state index contributed by atoms with van der Waals surface area (Å²) in [4.78, 5) is 33.2. The van der Waals surface area contributed by atoms with Gasteiger partial charge in [-0.05, 0) is 30.2 Å². The summed E-state index contributed by atoms with van der Waals surface area (Å²) in [5.74, 6) is -0.900. The second kappa shape index (κ2) is 7.76. The first-order valence-electron chi connectivity index (χ1n) is 10.1. The van der Waals surface area contributed by atoms with Gasteiger partial charge in [-0.2, -0.15) is 22.8 Å². The van der Waals surface area contributed by atoms with Gasteiger partial charge >= 0.3 is 6.18 Å². The van der Waals surface area contributed by atoms with Crippen molar-refractivity contribution in [2.24, 2.45) is 0 Å². The molecule has 1 aliphatic heterocycles. The van der Waals surface area contributed by atoms with Crippen LogP contribution >= 0.6 is 0 Å². The molecule has 0 bridgehead atoms. The number of carbonyl (C=O) groups is 1. The van der Waals surface area contributed by atoms with Crippen LogP contribution in [-0.2, 0) is 17.5 Å². The first-order chi connectivity index (χ1) is 15.7. The fourth-order valence-electron chi connectivity index (χ4n) is 3.75. The number of hydrogen-bond donors (Lipinski definition) is 1. The smallest absolute Gasteiger partial charge is 0.309 e. The highest BCUT2D eigenvalue weighted by atomic mass is 28.2. The van der Waals surface area contributed by atoms with E-state index in [1.165, 1.54) is 10.6 Å². The topological polar surface area (TPSA) is 94.2 Å². The Hall–Kier alpha value is -3.61. The third-order valence-electron chi connectivity index (χ3n) is 5.65. The quantitative estimate of drug-likeness (QED) is 0.361. The highest BCUT2D eigenvalue weighted by molar-refractivity contribution is 6.40. The Morgan fingerprint density at radius 3 is 2.64 bits per heavy atom. The van der Waals surface area contributed by atoms with Crippen LogP contribution in [0.25, 0.3) is 16.7 Å². The van der Waals surface area contributed by atoms with Gasteiger partial charge in [0.05, 0.1) is 17.3 Å². The molecule has 5 rings (SSSR count). The largest absolute Gasteiger partial charge is 0.433 e. The summed E-state index contributed by atoms with van der Waals surface area (Å²) in [5, 5.41) is 6.83. The Labute approximate surface area is 185 Å². The lowest BCUT2D eigenvalue weighted by Gasteiger charge is -2.22. The molecule has 0 spiro atoms. The maximum atomic E-state index is 13.2. The van der Waals surface area contributed by atoms with E-state index in [-0.39, 0.29) is 37.9 Å². The standard InChI is InChI=1S/C20H16F4N6O2Si/c21-11-1-4-15(25-6-11)27-16(31)7-29-17-5-13(10-8-33-9-10)28-30(17)18-12(19(29)32)2-3-14(26-18)20(22,23)24/h1-6,10H,7-9,33H2,(H,25,27,31). The number of fused-ring (bicyclic) bond motifs is 3. The van der Waals surface area contributed by atoms with Gasteiger partial charge in [0.1, 0.15) is 29.5 Å². The number of amides is 1. The van der Waals surface area contributed by atoms with Crippen molar-refractivity contribution in [1.82, 2.24) is 24.1 Å². The molecule has 13 heteroatoms. The zero-order valence-corrected chi connectivity index (χ0v) is 18.3. The van der Waals surface area contributed by atoms with Crippen molar-refractivity contribution in [3.63, 3.8) is 0 Å². The van der Waals surface area contributed by atoms with Crippen LogP contribution in [0.1, 0.15) is 17.3 Å². The second-order valence-corrected chi connectivity index (χ2v) is 9.70. The van der Waals surface area contributed by atoms with Crippen LogP contribution in [0.15, 0.2) is 41.3 Å².